The van der Waals surface area contributed by atoms with E-state index in [-0.39, 0.29) is 5.91 Å². The Hall–Kier alpha value is -2.66. The maximum Gasteiger partial charge on any atom is 0.222 e. The zero-order valence-corrected chi connectivity index (χ0v) is 16.5. The number of carbonyl (C=O) groups is 1. The number of nitrogens with one attached hydrogen (secondary N) is 1. The fourth-order valence-corrected chi connectivity index (χ4v) is 5.30. The van der Waals surface area contributed by atoms with Gasteiger partial charge in [0, 0.05) is 42.5 Å². The maximum atomic E-state index is 12.9. The van der Waals surface area contributed by atoms with Crippen LogP contribution in [-0.2, 0) is 11.2 Å². The summed E-state index contributed by atoms with van der Waals surface area (Å²) in [5.74, 6) is 0.624. The Balaban J connectivity index is 1.26. The zero-order chi connectivity index (χ0) is 18.9. The summed E-state index contributed by atoms with van der Waals surface area (Å²) >= 11 is 1.78. The van der Waals surface area contributed by atoms with Gasteiger partial charge in [0.25, 0.3) is 0 Å². The first kappa shape index (κ1) is 17.4. The van der Waals surface area contributed by atoms with Gasteiger partial charge in [-0.15, -0.1) is 11.3 Å². The predicted octanol–water partition coefficient (Wildman–Crippen LogP) is 5.12. The standard InChI is InChI=1S/C23H23N3OS/c27-22(12-11-16-14-24-19-8-2-1-7-18(16)19)26-13-5-6-17(15-26)23-25-20-9-3-4-10-21(20)28-23/h1-4,7-10,14,17,24H,5-6,11-13,15H2/t17-/m1/s1. The molecule has 2 aromatic carbocycles. The highest BCUT2D eigenvalue weighted by Gasteiger charge is 2.26. The largest absolute Gasteiger partial charge is 0.361 e. The van der Waals surface area contributed by atoms with Gasteiger partial charge < -0.3 is 9.88 Å². The number of piperidine rings is 1. The molecular formula is C23H23N3OS. The minimum Gasteiger partial charge on any atom is -0.361 e. The molecule has 1 fully saturated rings. The van der Waals surface area contributed by atoms with Gasteiger partial charge in [0.2, 0.25) is 5.91 Å². The van der Waals surface area contributed by atoms with Gasteiger partial charge in [-0.2, -0.15) is 0 Å². The van der Waals surface area contributed by atoms with Crippen LogP contribution in [0, 0.1) is 0 Å². The molecule has 4 nitrogen and oxygen atoms in total. The van der Waals surface area contributed by atoms with Crippen molar-refractivity contribution < 1.29 is 4.79 Å². The molecule has 5 heteroatoms. The Morgan fingerprint density at radius 1 is 1.18 bits per heavy atom. The number of likely N-dealkylation sites (tertiary alicyclic amines) is 1. The Bertz CT molecular complexity index is 1100. The van der Waals surface area contributed by atoms with Crippen molar-refractivity contribution in [1.82, 2.24) is 14.9 Å². The molecule has 1 aliphatic heterocycles. The lowest BCUT2D eigenvalue weighted by atomic mass is 9.98. The second-order valence-corrected chi connectivity index (χ2v) is 8.62. The first-order chi connectivity index (χ1) is 13.8. The normalized spacial score (nSPS) is 17.4. The first-order valence-electron chi connectivity index (χ1n) is 9.96. The van der Waals surface area contributed by atoms with Crippen LogP contribution < -0.4 is 0 Å². The Morgan fingerprint density at radius 2 is 2.04 bits per heavy atom. The van der Waals surface area contributed by atoms with E-state index in [1.807, 2.05) is 18.3 Å². The molecule has 0 unspecified atom stereocenters. The highest BCUT2D eigenvalue weighted by Crippen LogP contribution is 2.33. The molecule has 1 atom stereocenters. The molecule has 5 rings (SSSR count). The minimum atomic E-state index is 0.260. The Morgan fingerprint density at radius 3 is 2.96 bits per heavy atom. The molecule has 28 heavy (non-hydrogen) atoms. The summed E-state index contributed by atoms with van der Waals surface area (Å²) in [5.41, 5.74) is 3.44. The van der Waals surface area contributed by atoms with Gasteiger partial charge in [-0.05, 0) is 43.0 Å². The average Bonchev–Trinajstić information content (AvgIpc) is 3.36. The van der Waals surface area contributed by atoms with Crippen molar-refractivity contribution in [3.05, 3.63) is 65.3 Å². The molecule has 0 saturated carbocycles. The summed E-state index contributed by atoms with van der Waals surface area (Å²) in [7, 11) is 0. The van der Waals surface area contributed by atoms with Gasteiger partial charge in [0.1, 0.15) is 0 Å². The first-order valence-corrected chi connectivity index (χ1v) is 10.8. The molecule has 4 aromatic rings. The summed E-state index contributed by atoms with van der Waals surface area (Å²) in [5, 5.41) is 2.40. The van der Waals surface area contributed by atoms with E-state index < -0.39 is 0 Å². The van der Waals surface area contributed by atoms with E-state index >= 15 is 0 Å². The number of rotatable bonds is 4. The molecule has 0 bridgehead atoms. The van der Waals surface area contributed by atoms with Crippen LogP contribution in [0.1, 0.15) is 35.8 Å². The number of aromatic nitrogens is 2. The quantitative estimate of drug-likeness (QED) is 0.527. The summed E-state index contributed by atoms with van der Waals surface area (Å²) in [6.07, 6.45) is 5.56. The van der Waals surface area contributed by atoms with Crippen LogP contribution in [-0.4, -0.2) is 33.9 Å². The van der Waals surface area contributed by atoms with Gasteiger partial charge in [0.15, 0.2) is 0 Å². The van der Waals surface area contributed by atoms with Gasteiger partial charge >= 0.3 is 0 Å². The van der Waals surface area contributed by atoms with Crippen LogP contribution in [0.3, 0.4) is 0 Å². The number of para-hydroxylation sites is 2. The number of benzene rings is 2. The molecule has 0 aliphatic carbocycles. The van der Waals surface area contributed by atoms with Crippen LogP contribution in [0.2, 0.25) is 0 Å². The third kappa shape index (κ3) is 3.31. The number of nitrogens with zero attached hydrogens (tertiary/aromatic N) is 2. The van der Waals surface area contributed by atoms with Crippen molar-refractivity contribution in [1.29, 1.82) is 0 Å². The Labute approximate surface area is 168 Å². The van der Waals surface area contributed by atoms with Gasteiger partial charge in [-0.1, -0.05) is 30.3 Å². The molecular weight excluding hydrogens is 366 g/mol. The third-order valence-corrected chi connectivity index (χ3v) is 6.92. The second-order valence-electron chi connectivity index (χ2n) is 7.56. The van der Waals surface area contributed by atoms with E-state index in [2.05, 4.69) is 46.3 Å². The average molecular weight is 390 g/mol. The summed E-state index contributed by atoms with van der Waals surface area (Å²) in [4.78, 5) is 23.1. The minimum absolute atomic E-state index is 0.260. The lowest BCUT2D eigenvalue weighted by Crippen LogP contribution is -2.39. The van der Waals surface area contributed by atoms with Crippen molar-refractivity contribution in [3.63, 3.8) is 0 Å². The number of hydrogen-bond acceptors (Lipinski definition) is 3. The van der Waals surface area contributed by atoms with E-state index in [0.29, 0.717) is 12.3 Å². The van der Waals surface area contributed by atoms with E-state index in [1.165, 1.54) is 20.7 Å². The number of amides is 1. The highest BCUT2D eigenvalue weighted by atomic mass is 32.1. The van der Waals surface area contributed by atoms with Crippen LogP contribution in [0.5, 0.6) is 0 Å². The molecule has 2 aromatic heterocycles. The lowest BCUT2D eigenvalue weighted by Gasteiger charge is -2.32. The van der Waals surface area contributed by atoms with E-state index in [0.717, 1.165) is 43.4 Å². The molecule has 1 aliphatic rings. The summed E-state index contributed by atoms with van der Waals surface area (Å²) < 4.78 is 1.24. The van der Waals surface area contributed by atoms with Crippen LogP contribution >= 0.6 is 11.3 Å². The fraction of sp³-hybridized carbons (Fsp3) is 0.304. The summed E-state index contributed by atoms with van der Waals surface area (Å²) in [6, 6.07) is 16.6. The molecule has 1 saturated heterocycles. The van der Waals surface area contributed by atoms with Crippen LogP contribution in [0.4, 0.5) is 0 Å². The zero-order valence-electron chi connectivity index (χ0n) is 15.7. The number of thiazole rings is 1. The third-order valence-electron chi connectivity index (χ3n) is 5.72. The number of hydrogen-bond donors (Lipinski definition) is 1. The summed E-state index contributed by atoms with van der Waals surface area (Å²) in [6.45, 7) is 1.67. The monoisotopic (exact) mass is 389 g/mol. The fourth-order valence-electron chi connectivity index (χ4n) is 4.21. The number of fused-ring (bicyclic) bond motifs is 2. The number of aryl methyl sites for hydroxylation is 1. The van der Waals surface area contributed by atoms with Gasteiger partial charge in [0.05, 0.1) is 15.2 Å². The predicted molar refractivity (Wildman–Crippen MR) is 115 cm³/mol. The lowest BCUT2D eigenvalue weighted by molar-refractivity contribution is -0.132. The van der Waals surface area contributed by atoms with Crippen molar-refractivity contribution in [2.45, 2.75) is 31.6 Å². The van der Waals surface area contributed by atoms with Crippen LogP contribution in [0.15, 0.2) is 54.7 Å². The number of H-pyrrole nitrogens is 1. The molecule has 0 spiro atoms. The van der Waals surface area contributed by atoms with Crippen molar-refractivity contribution in [2.75, 3.05) is 13.1 Å². The van der Waals surface area contributed by atoms with E-state index in [4.69, 9.17) is 4.98 Å². The van der Waals surface area contributed by atoms with Crippen molar-refractivity contribution >= 4 is 38.4 Å². The number of carbonyl (C=O) groups excluding carboxylic acids is 1. The number of aromatic amines is 1. The van der Waals surface area contributed by atoms with E-state index in [9.17, 15) is 4.79 Å². The van der Waals surface area contributed by atoms with E-state index in [1.54, 1.807) is 11.3 Å². The van der Waals surface area contributed by atoms with Crippen molar-refractivity contribution in [2.24, 2.45) is 0 Å². The molecule has 1 amide bonds. The topological polar surface area (TPSA) is 49.0 Å². The van der Waals surface area contributed by atoms with Crippen LogP contribution in [0.25, 0.3) is 21.1 Å². The molecule has 1 N–H and O–H groups in total. The maximum absolute atomic E-state index is 12.9. The highest BCUT2D eigenvalue weighted by molar-refractivity contribution is 7.18. The molecule has 142 valence electrons. The smallest absolute Gasteiger partial charge is 0.222 e. The van der Waals surface area contributed by atoms with Gasteiger partial charge in [-0.25, -0.2) is 4.98 Å². The molecule has 3 heterocycles. The molecule has 0 radical (unpaired) electrons. The SMILES string of the molecule is O=C(CCc1c[nH]c2ccccc12)N1CCC[C@@H](c2nc3ccccc3s2)C1. The van der Waals surface area contributed by atoms with Crippen molar-refractivity contribution in [3.8, 4) is 0 Å². The Kier molecular flexibility index (Phi) is 4.61. The second kappa shape index (κ2) is 7.40. The van der Waals surface area contributed by atoms with Gasteiger partial charge in [-0.3, -0.25) is 4.79 Å².